The van der Waals surface area contributed by atoms with Crippen LogP contribution in [0.5, 0.6) is 0 Å². The molecule has 0 unspecified atom stereocenters. The van der Waals surface area contributed by atoms with Crippen molar-refractivity contribution in [1.29, 1.82) is 0 Å². The Morgan fingerprint density at radius 3 is 2.40 bits per heavy atom. The lowest BCUT2D eigenvalue weighted by Crippen LogP contribution is -2.31. The molecule has 0 aliphatic carbocycles. The Bertz CT molecular complexity index is 1560. The summed E-state index contributed by atoms with van der Waals surface area (Å²) in [7, 11) is 1.97. The highest BCUT2D eigenvalue weighted by molar-refractivity contribution is 7.99. The Morgan fingerprint density at radius 1 is 0.978 bits per heavy atom. The number of aromatic nitrogens is 2. The van der Waals surface area contributed by atoms with E-state index in [9.17, 15) is 14.7 Å². The van der Waals surface area contributed by atoms with E-state index in [1.807, 2.05) is 66.3 Å². The lowest BCUT2D eigenvalue weighted by molar-refractivity contribution is -0.245. The molecule has 1 fully saturated rings. The van der Waals surface area contributed by atoms with Crippen molar-refractivity contribution in [3.8, 4) is 0 Å². The predicted octanol–water partition coefficient (Wildman–Crippen LogP) is 5.26. The average Bonchev–Trinajstić information content (AvgIpc) is 3.48. The van der Waals surface area contributed by atoms with Crippen molar-refractivity contribution in [3.63, 3.8) is 0 Å². The number of amides is 2. The van der Waals surface area contributed by atoms with Crippen LogP contribution in [0, 0.1) is 0 Å². The molecule has 236 valence electrons. The fraction of sp³-hybridized carbons (Fsp3) is 0.324. The maximum Gasteiger partial charge on any atom is 0.224 e. The van der Waals surface area contributed by atoms with E-state index in [0.717, 1.165) is 33.2 Å². The first-order chi connectivity index (χ1) is 21.9. The standard InChI is InChI=1S/C34H39N5O5S/c1-39-18-17-36-34(39)45-22-27-19-30(25-13-11-24(21-40)12-14-25)44-33(43-27)26-15-9-23(10-16-26)20-37-31(41)7-4-8-32(42)38-29-6-3-2-5-28(29)35/h2-3,5-6,9-18,27,30,33,40H,4,7-8,19-22,35H2,1H3,(H,37,41)(H,38,42)/t27-,30+,33+/m0/s1. The van der Waals surface area contributed by atoms with E-state index in [1.165, 1.54) is 0 Å². The molecule has 5 rings (SSSR count). The summed E-state index contributed by atoms with van der Waals surface area (Å²) in [5.74, 6) is 0.431. The highest BCUT2D eigenvalue weighted by Crippen LogP contribution is 2.39. The topological polar surface area (TPSA) is 141 Å². The van der Waals surface area contributed by atoms with Gasteiger partial charge in [0.25, 0.3) is 0 Å². The minimum atomic E-state index is -0.561. The minimum Gasteiger partial charge on any atom is -0.397 e. The number of benzene rings is 3. The molecular weight excluding hydrogens is 590 g/mol. The second kappa shape index (κ2) is 15.7. The summed E-state index contributed by atoms with van der Waals surface area (Å²) in [6.45, 7) is 0.371. The number of nitrogens with one attached hydrogen (secondary N) is 2. The Labute approximate surface area is 267 Å². The Kier molecular flexibility index (Phi) is 11.3. The number of nitrogen functional groups attached to an aromatic ring is 1. The summed E-state index contributed by atoms with van der Waals surface area (Å²) < 4.78 is 14.9. The van der Waals surface area contributed by atoms with E-state index in [2.05, 4.69) is 15.6 Å². The summed E-state index contributed by atoms with van der Waals surface area (Å²) in [4.78, 5) is 29.0. The molecule has 0 radical (unpaired) electrons. The molecular formula is C34H39N5O5S. The number of carbonyl (C=O) groups excluding carboxylic acids is 2. The predicted molar refractivity (Wildman–Crippen MR) is 174 cm³/mol. The Morgan fingerprint density at radius 2 is 1.69 bits per heavy atom. The summed E-state index contributed by atoms with van der Waals surface area (Å²) >= 11 is 1.65. The molecule has 1 aliphatic heterocycles. The highest BCUT2D eigenvalue weighted by Gasteiger charge is 2.32. The molecule has 2 amide bonds. The molecule has 3 atom stereocenters. The average molecular weight is 630 g/mol. The largest absolute Gasteiger partial charge is 0.397 e. The van der Waals surface area contributed by atoms with Gasteiger partial charge in [-0.15, -0.1) is 0 Å². The molecule has 3 aromatic carbocycles. The third kappa shape index (κ3) is 9.18. The lowest BCUT2D eigenvalue weighted by Gasteiger charge is -2.36. The van der Waals surface area contributed by atoms with Gasteiger partial charge in [-0.1, -0.05) is 72.4 Å². The first-order valence-corrected chi connectivity index (χ1v) is 16.0. The minimum absolute atomic E-state index is 0.00485. The van der Waals surface area contributed by atoms with Gasteiger partial charge in [0.1, 0.15) is 0 Å². The van der Waals surface area contributed by atoms with Crippen molar-refractivity contribution in [2.45, 2.75) is 62.5 Å². The number of nitrogens with zero attached hydrogens (tertiary/aromatic N) is 2. The van der Waals surface area contributed by atoms with E-state index in [0.29, 0.717) is 30.8 Å². The number of aliphatic hydroxyl groups is 1. The zero-order chi connectivity index (χ0) is 31.6. The number of hydrogen-bond donors (Lipinski definition) is 4. The van der Waals surface area contributed by atoms with Crippen LogP contribution in [0.3, 0.4) is 0 Å². The maximum absolute atomic E-state index is 12.4. The van der Waals surface area contributed by atoms with Crippen LogP contribution < -0.4 is 16.4 Å². The first kappa shape index (κ1) is 32.2. The van der Waals surface area contributed by atoms with Crippen molar-refractivity contribution in [2.75, 3.05) is 16.8 Å². The van der Waals surface area contributed by atoms with Crippen LogP contribution in [0.25, 0.3) is 0 Å². The number of para-hydroxylation sites is 2. The second-order valence-corrected chi connectivity index (χ2v) is 12.0. The molecule has 10 nitrogen and oxygen atoms in total. The molecule has 45 heavy (non-hydrogen) atoms. The normalized spacial score (nSPS) is 18.0. The molecule has 0 spiro atoms. The van der Waals surface area contributed by atoms with Gasteiger partial charge in [-0.05, 0) is 35.2 Å². The smallest absolute Gasteiger partial charge is 0.224 e. The summed E-state index contributed by atoms with van der Waals surface area (Å²) in [6, 6.07) is 22.7. The maximum atomic E-state index is 12.4. The first-order valence-electron chi connectivity index (χ1n) is 15.0. The monoisotopic (exact) mass is 629 g/mol. The van der Waals surface area contributed by atoms with E-state index < -0.39 is 6.29 Å². The number of anilines is 2. The summed E-state index contributed by atoms with van der Waals surface area (Å²) in [6.07, 6.45) is 4.51. The van der Waals surface area contributed by atoms with Gasteiger partial charge in [0, 0.05) is 56.6 Å². The number of aliphatic hydroxyl groups excluding tert-OH is 1. The van der Waals surface area contributed by atoms with Gasteiger partial charge in [-0.3, -0.25) is 9.59 Å². The van der Waals surface area contributed by atoms with Gasteiger partial charge in [0.15, 0.2) is 11.4 Å². The van der Waals surface area contributed by atoms with Crippen molar-refractivity contribution < 1.29 is 24.2 Å². The molecule has 1 saturated heterocycles. The van der Waals surface area contributed by atoms with Gasteiger partial charge in [-0.25, -0.2) is 4.98 Å². The Hall–Kier alpha value is -4.16. The van der Waals surface area contributed by atoms with Crippen LogP contribution in [0.4, 0.5) is 11.4 Å². The van der Waals surface area contributed by atoms with Crippen LogP contribution in [-0.4, -0.2) is 38.3 Å². The molecule has 1 aromatic heterocycles. The van der Waals surface area contributed by atoms with E-state index in [4.69, 9.17) is 15.2 Å². The number of rotatable bonds is 13. The number of nitrogens with two attached hydrogens (primary N) is 1. The van der Waals surface area contributed by atoms with Gasteiger partial charge < -0.3 is 35.5 Å². The fourth-order valence-electron chi connectivity index (χ4n) is 5.00. The molecule has 0 saturated carbocycles. The van der Waals surface area contributed by atoms with Crippen LogP contribution >= 0.6 is 11.8 Å². The number of carbonyl (C=O) groups is 2. The van der Waals surface area contributed by atoms with Crippen molar-refractivity contribution in [2.24, 2.45) is 7.05 Å². The van der Waals surface area contributed by atoms with E-state index >= 15 is 0 Å². The number of thioether (sulfide) groups is 1. The number of imidazole rings is 1. The Balaban J connectivity index is 1.13. The zero-order valence-electron chi connectivity index (χ0n) is 25.2. The third-order valence-electron chi connectivity index (χ3n) is 7.57. The van der Waals surface area contributed by atoms with Gasteiger partial charge in [-0.2, -0.15) is 0 Å². The van der Waals surface area contributed by atoms with Crippen molar-refractivity contribution >= 4 is 35.0 Å². The van der Waals surface area contributed by atoms with E-state index in [-0.39, 0.29) is 43.5 Å². The van der Waals surface area contributed by atoms with Crippen LogP contribution in [0.15, 0.2) is 90.3 Å². The highest BCUT2D eigenvalue weighted by atomic mass is 32.2. The van der Waals surface area contributed by atoms with Gasteiger partial charge in [0.2, 0.25) is 11.8 Å². The molecule has 2 heterocycles. The summed E-state index contributed by atoms with van der Waals surface area (Å²) in [5.41, 5.74) is 10.7. The van der Waals surface area contributed by atoms with Crippen molar-refractivity contribution in [1.82, 2.24) is 14.9 Å². The summed E-state index contributed by atoms with van der Waals surface area (Å²) in [5, 5.41) is 16.1. The van der Waals surface area contributed by atoms with Crippen LogP contribution in [-0.2, 0) is 39.3 Å². The molecule has 4 aromatic rings. The SMILES string of the molecule is Cn1ccnc1SC[C@@H]1C[C@H](c2ccc(CO)cc2)O[C@H](c2ccc(CNC(=O)CCCC(=O)Nc3ccccc3N)cc2)O1. The van der Waals surface area contributed by atoms with Gasteiger partial charge in [0.05, 0.1) is 30.2 Å². The number of aryl methyl sites for hydroxylation is 1. The number of ether oxygens (including phenoxy) is 2. The van der Waals surface area contributed by atoms with Crippen LogP contribution in [0.2, 0.25) is 0 Å². The molecule has 0 bridgehead atoms. The van der Waals surface area contributed by atoms with E-state index in [1.54, 1.807) is 42.2 Å². The van der Waals surface area contributed by atoms with Gasteiger partial charge >= 0.3 is 0 Å². The third-order valence-corrected chi connectivity index (χ3v) is 8.76. The zero-order valence-corrected chi connectivity index (χ0v) is 26.0. The second-order valence-electron chi connectivity index (χ2n) is 11.0. The van der Waals surface area contributed by atoms with Crippen LogP contribution in [0.1, 0.15) is 60.3 Å². The lowest BCUT2D eigenvalue weighted by atomic mass is 10.0. The van der Waals surface area contributed by atoms with Crippen molar-refractivity contribution in [3.05, 3.63) is 107 Å². The molecule has 5 N–H and O–H groups in total. The molecule has 11 heteroatoms. The molecule has 1 aliphatic rings. The quantitative estimate of drug-likeness (QED) is 0.116. The number of hydrogen-bond acceptors (Lipinski definition) is 8. The fourth-order valence-corrected chi connectivity index (χ4v) is 5.95.